The van der Waals surface area contributed by atoms with Gasteiger partial charge >= 0.3 is 0 Å². The van der Waals surface area contributed by atoms with Gasteiger partial charge in [-0.15, -0.1) is 0 Å². The number of hydrogen-bond acceptors (Lipinski definition) is 1. The van der Waals surface area contributed by atoms with Crippen LogP contribution < -0.4 is 0 Å². The van der Waals surface area contributed by atoms with E-state index >= 15 is 0 Å². The molecule has 1 nitrogen and oxygen atoms in total. The Hall–Kier alpha value is -2.16. The van der Waals surface area contributed by atoms with Crippen LogP contribution in [-0.4, -0.2) is 18.5 Å². The van der Waals surface area contributed by atoms with Gasteiger partial charge in [0.1, 0.15) is 0 Å². The van der Waals surface area contributed by atoms with Crippen molar-refractivity contribution >= 4 is 21.5 Å². The molecule has 136 valence electrons. The van der Waals surface area contributed by atoms with Crippen LogP contribution in [0.15, 0.2) is 88.9 Å². The zero-order valence-electron chi connectivity index (χ0n) is 15.7. The van der Waals surface area contributed by atoms with Crippen LogP contribution in [-0.2, 0) is 13.0 Å². The van der Waals surface area contributed by atoms with Crippen molar-refractivity contribution in [3.8, 4) is 0 Å². The SMILES string of the molecule is CN(CC1=C(c2ccccc2)c2ccc(Br)cc2CC1)Cc1ccccc1. The third kappa shape index (κ3) is 4.23. The van der Waals surface area contributed by atoms with Gasteiger partial charge in [-0.05, 0) is 65.4 Å². The van der Waals surface area contributed by atoms with E-state index in [1.807, 2.05) is 0 Å². The first-order valence-corrected chi connectivity index (χ1v) is 10.3. The molecule has 3 aromatic rings. The van der Waals surface area contributed by atoms with E-state index in [2.05, 4.69) is 107 Å². The summed E-state index contributed by atoms with van der Waals surface area (Å²) in [6.07, 6.45) is 2.23. The molecule has 2 heteroatoms. The standard InChI is InChI=1S/C25H24BrN/c1-27(17-19-8-4-2-5-9-19)18-22-13-12-21-16-23(26)14-15-24(21)25(22)20-10-6-3-7-11-20/h2-11,14-16H,12-13,17-18H2,1H3. The number of nitrogens with zero attached hydrogens (tertiary/aromatic N) is 1. The average molecular weight is 418 g/mol. The van der Waals surface area contributed by atoms with Gasteiger partial charge in [0.15, 0.2) is 0 Å². The highest BCUT2D eigenvalue weighted by molar-refractivity contribution is 9.10. The second kappa shape index (κ2) is 8.24. The Morgan fingerprint density at radius 2 is 1.52 bits per heavy atom. The zero-order chi connectivity index (χ0) is 18.6. The molecule has 0 N–H and O–H groups in total. The lowest BCUT2D eigenvalue weighted by Crippen LogP contribution is -2.23. The molecule has 0 saturated heterocycles. The molecule has 1 aliphatic rings. The second-order valence-electron chi connectivity index (χ2n) is 7.30. The van der Waals surface area contributed by atoms with Gasteiger partial charge in [0, 0.05) is 17.6 Å². The maximum atomic E-state index is 3.63. The van der Waals surface area contributed by atoms with Crippen LogP contribution in [0, 0.1) is 0 Å². The molecule has 0 heterocycles. The van der Waals surface area contributed by atoms with Crippen LogP contribution in [0.1, 0.15) is 28.7 Å². The first-order chi connectivity index (χ1) is 13.2. The predicted molar refractivity (Wildman–Crippen MR) is 118 cm³/mol. The average Bonchev–Trinajstić information content (AvgIpc) is 2.69. The molecular formula is C25H24BrN. The molecule has 0 bridgehead atoms. The Bertz CT molecular complexity index is 945. The lowest BCUT2D eigenvalue weighted by Gasteiger charge is -2.27. The lowest BCUT2D eigenvalue weighted by molar-refractivity contribution is 0.351. The van der Waals surface area contributed by atoms with E-state index in [0.717, 1.165) is 25.9 Å². The fourth-order valence-corrected chi connectivity index (χ4v) is 4.42. The number of likely N-dealkylation sites (N-methyl/N-ethyl adjacent to an activating group) is 1. The van der Waals surface area contributed by atoms with Crippen molar-refractivity contribution in [2.24, 2.45) is 0 Å². The summed E-state index contributed by atoms with van der Waals surface area (Å²) in [6.45, 7) is 1.97. The van der Waals surface area contributed by atoms with Crippen LogP contribution in [0.5, 0.6) is 0 Å². The van der Waals surface area contributed by atoms with E-state index in [1.165, 1.54) is 37.9 Å². The number of benzene rings is 3. The van der Waals surface area contributed by atoms with Crippen molar-refractivity contribution in [1.82, 2.24) is 4.90 Å². The molecule has 0 unspecified atom stereocenters. The van der Waals surface area contributed by atoms with Crippen molar-refractivity contribution in [3.05, 3.63) is 111 Å². The first-order valence-electron chi connectivity index (χ1n) is 9.49. The molecule has 1 aliphatic carbocycles. The van der Waals surface area contributed by atoms with Gasteiger partial charge in [-0.2, -0.15) is 0 Å². The number of aryl methyl sites for hydroxylation is 1. The number of hydrogen-bond donors (Lipinski definition) is 0. The summed E-state index contributed by atoms with van der Waals surface area (Å²) in [5, 5.41) is 0. The maximum absolute atomic E-state index is 3.63. The monoisotopic (exact) mass is 417 g/mol. The highest BCUT2D eigenvalue weighted by atomic mass is 79.9. The second-order valence-corrected chi connectivity index (χ2v) is 8.22. The minimum atomic E-state index is 0.972. The molecule has 0 aliphatic heterocycles. The molecule has 0 spiro atoms. The van der Waals surface area contributed by atoms with Crippen molar-refractivity contribution in [2.75, 3.05) is 13.6 Å². The number of halogens is 1. The van der Waals surface area contributed by atoms with E-state index in [9.17, 15) is 0 Å². The molecule has 0 amide bonds. The molecule has 0 aromatic heterocycles. The smallest absolute Gasteiger partial charge is 0.0234 e. The molecule has 0 saturated carbocycles. The van der Waals surface area contributed by atoms with Gasteiger partial charge in [-0.3, -0.25) is 4.90 Å². The maximum Gasteiger partial charge on any atom is 0.0234 e. The van der Waals surface area contributed by atoms with Gasteiger partial charge < -0.3 is 0 Å². The quantitative estimate of drug-likeness (QED) is 0.468. The molecule has 0 radical (unpaired) electrons. The van der Waals surface area contributed by atoms with E-state index in [0.29, 0.717) is 0 Å². The van der Waals surface area contributed by atoms with Gasteiger partial charge in [-0.25, -0.2) is 0 Å². The third-order valence-electron chi connectivity index (χ3n) is 5.20. The number of rotatable bonds is 5. The van der Waals surface area contributed by atoms with Crippen molar-refractivity contribution in [2.45, 2.75) is 19.4 Å². The summed E-state index contributed by atoms with van der Waals surface area (Å²) in [5.74, 6) is 0. The molecule has 0 atom stereocenters. The van der Waals surface area contributed by atoms with E-state index in [-0.39, 0.29) is 0 Å². The summed E-state index contributed by atoms with van der Waals surface area (Å²) in [6, 6.07) is 28.3. The summed E-state index contributed by atoms with van der Waals surface area (Å²) >= 11 is 3.63. The largest absolute Gasteiger partial charge is 0.298 e. The summed E-state index contributed by atoms with van der Waals surface area (Å²) < 4.78 is 1.17. The third-order valence-corrected chi connectivity index (χ3v) is 5.70. The minimum Gasteiger partial charge on any atom is -0.298 e. The van der Waals surface area contributed by atoms with Crippen molar-refractivity contribution in [1.29, 1.82) is 0 Å². The number of fused-ring (bicyclic) bond motifs is 1. The highest BCUT2D eigenvalue weighted by Crippen LogP contribution is 2.37. The fourth-order valence-electron chi connectivity index (χ4n) is 4.01. The summed E-state index contributed by atoms with van der Waals surface area (Å²) in [7, 11) is 2.22. The normalized spacial score (nSPS) is 13.7. The molecule has 0 fully saturated rings. The summed E-state index contributed by atoms with van der Waals surface area (Å²) in [4.78, 5) is 2.43. The fraction of sp³-hybridized carbons (Fsp3) is 0.200. The molecule has 27 heavy (non-hydrogen) atoms. The van der Waals surface area contributed by atoms with Gasteiger partial charge in [0.25, 0.3) is 0 Å². The highest BCUT2D eigenvalue weighted by Gasteiger charge is 2.21. The van der Waals surface area contributed by atoms with Crippen molar-refractivity contribution in [3.63, 3.8) is 0 Å². The van der Waals surface area contributed by atoms with Crippen LogP contribution in [0.2, 0.25) is 0 Å². The lowest BCUT2D eigenvalue weighted by atomic mass is 9.82. The van der Waals surface area contributed by atoms with Gasteiger partial charge in [0.2, 0.25) is 0 Å². The van der Waals surface area contributed by atoms with E-state index < -0.39 is 0 Å². The van der Waals surface area contributed by atoms with Crippen LogP contribution in [0.4, 0.5) is 0 Å². The van der Waals surface area contributed by atoms with Gasteiger partial charge in [-0.1, -0.05) is 82.7 Å². The topological polar surface area (TPSA) is 3.24 Å². The van der Waals surface area contributed by atoms with E-state index in [4.69, 9.17) is 0 Å². The molecule has 3 aromatic carbocycles. The van der Waals surface area contributed by atoms with Crippen LogP contribution >= 0.6 is 15.9 Å². The Morgan fingerprint density at radius 3 is 2.26 bits per heavy atom. The molecule has 4 rings (SSSR count). The Morgan fingerprint density at radius 1 is 0.815 bits per heavy atom. The van der Waals surface area contributed by atoms with Crippen molar-refractivity contribution < 1.29 is 0 Å². The Kier molecular flexibility index (Phi) is 5.56. The molecular weight excluding hydrogens is 394 g/mol. The Labute approximate surface area is 170 Å². The zero-order valence-corrected chi connectivity index (χ0v) is 17.2. The summed E-state index contributed by atoms with van der Waals surface area (Å²) in [5.41, 5.74) is 8.47. The van der Waals surface area contributed by atoms with E-state index in [1.54, 1.807) is 0 Å². The van der Waals surface area contributed by atoms with Crippen LogP contribution in [0.25, 0.3) is 5.57 Å². The van der Waals surface area contributed by atoms with Crippen LogP contribution in [0.3, 0.4) is 0 Å². The first kappa shape index (κ1) is 18.2. The minimum absolute atomic E-state index is 0.972. The van der Waals surface area contributed by atoms with Gasteiger partial charge in [0.05, 0.1) is 0 Å². The predicted octanol–water partition coefficient (Wildman–Crippen LogP) is 6.33. The Balaban J connectivity index is 1.69.